The van der Waals surface area contributed by atoms with Crippen molar-refractivity contribution in [3.63, 3.8) is 0 Å². The molecule has 9 nitrogen and oxygen atoms in total. The van der Waals surface area contributed by atoms with Crippen LogP contribution >= 0.6 is 11.8 Å². The first-order valence-corrected chi connectivity index (χ1v) is 15.8. The Hall–Kier alpha value is -2.46. The first-order chi connectivity index (χ1) is 19.0. The third-order valence-corrected chi connectivity index (χ3v) is 6.64. The Kier molecular flexibility index (Phi) is 20.8. The zero-order valence-corrected chi connectivity index (χ0v) is 24.7. The standard InChI is InChI=1S/C29H50N4O5S/c1-3-4-5-6-7-8-9-10-11-12-19-30-26(35)14-13-22-38-25-17-15-24(16-18-25)32-28(29(37)31-20-21-34)33-27(36)23-39-2/h15-18,28,32,34H,3-14,19-23H2,1-2H3,(H,30,35)(H,31,37)(H,33,36). The molecule has 0 fully saturated rings. The second-order valence-electron chi connectivity index (χ2n) is 9.60. The number of hydrogen-bond donors (Lipinski definition) is 5. The first kappa shape index (κ1) is 34.6. The maximum atomic E-state index is 12.4. The van der Waals surface area contributed by atoms with Crippen molar-refractivity contribution in [2.24, 2.45) is 0 Å². The van der Waals surface area contributed by atoms with Gasteiger partial charge in [0, 0.05) is 25.2 Å². The number of anilines is 1. The van der Waals surface area contributed by atoms with E-state index in [1.54, 1.807) is 30.5 Å². The average molecular weight is 567 g/mol. The van der Waals surface area contributed by atoms with E-state index in [-0.39, 0.29) is 30.7 Å². The van der Waals surface area contributed by atoms with Crippen LogP contribution in [0.15, 0.2) is 24.3 Å². The third-order valence-electron chi connectivity index (χ3n) is 6.09. The monoisotopic (exact) mass is 566 g/mol. The largest absolute Gasteiger partial charge is 0.494 e. The minimum atomic E-state index is -0.971. The van der Waals surface area contributed by atoms with Crippen LogP contribution in [-0.2, 0) is 14.4 Å². The Balaban J connectivity index is 2.21. The number of unbranched alkanes of at least 4 members (excludes halogenated alkanes) is 9. The molecule has 5 N–H and O–H groups in total. The predicted octanol–water partition coefficient (Wildman–Crippen LogP) is 4.21. The van der Waals surface area contributed by atoms with E-state index in [1.165, 1.54) is 69.5 Å². The van der Waals surface area contributed by atoms with Crippen LogP contribution in [0.25, 0.3) is 0 Å². The lowest BCUT2D eigenvalue weighted by atomic mass is 10.1. The maximum Gasteiger partial charge on any atom is 0.263 e. The van der Waals surface area contributed by atoms with Crippen LogP contribution in [0.2, 0.25) is 0 Å². The fourth-order valence-corrected chi connectivity index (χ4v) is 4.29. The van der Waals surface area contributed by atoms with Gasteiger partial charge >= 0.3 is 0 Å². The summed E-state index contributed by atoms with van der Waals surface area (Å²) in [7, 11) is 0. The van der Waals surface area contributed by atoms with Gasteiger partial charge in [-0.2, -0.15) is 11.8 Å². The van der Waals surface area contributed by atoms with Crippen molar-refractivity contribution in [3.05, 3.63) is 24.3 Å². The molecule has 10 heteroatoms. The van der Waals surface area contributed by atoms with Gasteiger partial charge in [0.05, 0.1) is 19.0 Å². The van der Waals surface area contributed by atoms with E-state index in [0.717, 1.165) is 13.0 Å². The molecule has 0 saturated carbocycles. The molecule has 0 bridgehead atoms. The van der Waals surface area contributed by atoms with E-state index < -0.39 is 12.1 Å². The zero-order valence-electron chi connectivity index (χ0n) is 23.9. The van der Waals surface area contributed by atoms with Crippen LogP contribution in [0.3, 0.4) is 0 Å². The summed E-state index contributed by atoms with van der Waals surface area (Å²) in [5.74, 6) is 0.231. The van der Waals surface area contributed by atoms with Gasteiger partial charge in [0.1, 0.15) is 5.75 Å². The number of aliphatic hydroxyl groups excluding tert-OH is 1. The number of thioether (sulfide) groups is 1. The van der Waals surface area contributed by atoms with E-state index in [0.29, 0.717) is 30.9 Å². The van der Waals surface area contributed by atoms with Gasteiger partial charge in [-0.1, -0.05) is 64.7 Å². The van der Waals surface area contributed by atoms with Crippen molar-refractivity contribution in [3.8, 4) is 5.75 Å². The zero-order chi connectivity index (χ0) is 28.6. The highest BCUT2D eigenvalue weighted by molar-refractivity contribution is 7.99. The average Bonchev–Trinajstić information content (AvgIpc) is 2.93. The number of rotatable bonds is 24. The Morgan fingerprint density at radius 3 is 2.10 bits per heavy atom. The summed E-state index contributed by atoms with van der Waals surface area (Å²) in [5, 5.41) is 20.1. The van der Waals surface area contributed by atoms with Crippen LogP contribution in [0.5, 0.6) is 5.75 Å². The normalized spacial score (nSPS) is 11.5. The number of hydrogen-bond acceptors (Lipinski definition) is 7. The van der Waals surface area contributed by atoms with Crippen molar-refractivity contribution in [2.75, 3.05) is 43.6 Å². The molecule has 0 aliphatic rings. The third kappa shape index (κ3) is 18.5. The summed E-state index contributed by atoms with van der Waals surface area (Å²) >= 11 is 1.36. The molecule has 0 saturated heterocycles. The molecule has 0 aromatic heterocycles. The highest BCUT2D eigenvalue weighted by Gasteiger charge is 2.20. The molecule has 0 aliphatic carbocycles. The van der Waals surface area contributed by atoms with Crippen molar-refractivity contribution in [1.82, 2.24) is 16.0 Å². The molecule has 0 aliphatic heterocycles. The van der Waals surface area contributed by atoms with Crippen molar-refractivity contribution in [2.45, 2.75) is 90.1 Å². The number of carbonyl (C=O) groups excluding carboxylic acids is 3. The number of benzene rings is 1. The van der Waals surface area contributed by atoms with Crippen LogP contribution in [0.1, 0.15) is 84.0 Å². The van der Waals surface area contributed by atoms with Gasteiger partial charge in [0.25, 0.3) is 5.91 Å². The van der Waals surface area contributed by atoms with E-state index in [4.69, 9.17) is 9.84 Å². The fourth-order valence-electron chi connectivity index (χ4n) is 3.95. The molecule has 1 atom stereocenters. The summed E-state index contributed by atoms with van der Waals surface area (Å²) in [6.07, 6.45) is 14.7. The van der Waals surface area contributed by atoms with Crippen molar-refractivity contribution in [1.29, 1.82) is 0 Å². The van der Waals surface area contributed by atoms with Crippen LogP contribution < -0.4 is 26.0 Å². The van der Waals surface area contributed by atoms with Crippen molar-refractivity contribution >= 4 is 35.2 Å². The molecule has 0 heterocycles. The summed E-state index contributed by atoms with van der Waals surface area (Å²) in [6, 6.07) is 7.03. The number of nitrogens with one attached hydrogen (secondary N) is 4. The number of amides is 3. The van der Waals surface area contributed by atoms with E-state index in [1.807, 2.05) is 0 Å². The van der Waals surface area contributed by atoms with Crippen LogP contribution in [0.4, 0.5) is 5.69 Å². The number of carbonyl (C=O) groups is 3. The molecule has 3 amide bonds. The molecule has 1 unspecified atom stereocenters. The Bertz CT molecular complexity index is 794. The summed E-state index contributed by atoms with van der Waals surface area (Å²) in [6.45, 7) is 3.31. The summed E-state index contributed by atoms with van der Waals surface area (Å²) in [5.41, 5.74) is 0.627. The minimum absolute atomic E-state index is 0.0584. The number of ether oxygens (including phenoxy) is 1. The van der Waals surface area contributed by atoms with E-state index in [9.17, 15) is 14.4 Å². The molecule has 39 heavy (non-hydrogen) atoms. The predicted molar refractivity (Wildman–Crippen MR) is 160 cm³/mol. The van der Waals surface area contributed by atoms with Crippen LogP contribution in [0, 0.1) is 0 Å². The number of aliphatic hydroxyl groups is 1. The molecule has 0 radical (unpaired) electrons. The molecule has 1 rings (SSSR count). The quantitative estimate of drug-likeness (QED) is 0.0937. The lowest BCUT2D eigenvalue weighted by Gasteiger charge is -2.20. The minimum Gasteiger partial charge on any atom is -0.494 e. The lowest BCUT2D eigenvalue weighted by molar-refractivity contribution is -0.127. The lowest BCUT2D eigenvalue weighted by Crippen LogP contribution is -2.52. The Morgan fingerprint density at radius 2 is 1.49 bits per heavy atom. The highest BCUT2D eigenvalue weighted by atomic mass is 32.2. The van der Waals surface area contributed by atoms with Gasteiger partial charge in [-0.3, -0.25) is 14.4 Å². The SMILES string of the molecule is CCCCCCCCCCCCNC(=O)CCCOc1ccc(NC(NC(=O)CSC)C(=O)NCCO)cc1. The van der Waals surface area contributed by atoms with Gasteiger partial charge in [0.2, 0.25) is 11.8 Å². The summed E-state index contributed by atoms with van der Waals surface area (Å²) in [4.78, 5) is 36.4. The molecule has 1 aromatic carbocycles. The topological polar surface area (TPSA) is 129 Å². The summed E-state index contributed by atoms with van der Waals surface area (Å²) < 4.78 is 5.74. The van der Waals surface area contributed by atoms with Crippen molar-refractivity contribution < 1.29 is 24.2 Å². The van der Waals surface area contributed by atoms with E-state index in [2.05, 4.69) is 28.2 Å². The second-order valence-corrected chi connectivity index (χ2v) is 10.5. The van der Waals surface area contributed by atoms with Gasteiger partial charge in [0.15, 0.2) is 6.17 Å². The van der Waals surface area contributed by atoms with Gasteiger partial charge in [-0.05, 0) is 43.4 Å². The first-order valence-electron chi connectivity index (χ1n) is 14.4. The molecular weight excluding hydrogens is 516 g/mol. The highest BCUT2D eigenvalue weighted by Crippen LogP contribution is 2.17. The molecule has 1 aromatic rings. The van der Waals surface area contributed by atoms with Gasteiger partial charge in [-0.25, -0.2) is 0 Å². The molecule has 0 spiro atoms. The van der Waals surface area contributed by atoms with Gasteiger partial charge < -0.3 is 31.1 Å². The molecule has 222 valence electrons. The smallest absolute Gasteiger partial charge is 0.263 e. The van der Waals surface area contributed by atoms with E-state index >= 15 is 0 Å². The Labute approximate surface area is 239 Å². The Morgan fingerprint density at radius 1 is 0.846 bits per heavy atom. The van der Waals surface area contributed by atoms with Crippen LogP contribution in [-0.4, -0.2) is 67.3 Å². The maximum absolute atomic E-state index is 12.4. The molecular formula is C29H50N4O5S. The second kappa shape index (κ2) is 23.4. The fraction of sp³-hybridized carbons (Fsp3) is 0.690. The van der Waals surface area contributed by atoms with Gasteiger partial charge in [-0.15, -0.1) is 0 Å².